The van der Waals surface area contributed by atoms with E-state index in [9.17, 15) is 4.79 Å². The number of carbonyl (C=O) groups is 1. The minimum atomic E-state index is -0.0637. The SMILES string of the molecule is CCCCCCCCCC(=O)OCc1ccc(CCC)cc1. The van der Waals surface area contributed by atoms with Crippen LogP contribution in [0.25, 0.3) is 0 Å². The van der Waals surface area contributed by atoms with Gasteiger partial charge in [-0.3, -0.25) is 4.79 Å². The van der Waals surface area contributed by atoms with Crippen LogP contribution in [0.5, 0.6) is 0 Å². The number of hydrogen-bond donors (Lipinski definition) is 0. The minimum absolute atomic E-state index is 0.0637. The molecule has 0 aliphatic rings. The molecule has 22 heavy (non-hydrogen) atoms. The van der Waals surface area contributed by atoms with Crippen LogP contribution < -0.4 is 0 Å². The quantitative estimate of drug-likeness (QED) is 0.359. The first kappa shape index (κ1) is 18.7. The second kappa shape index (κ2) is 12.3. The average Bonchev–Trinajstić information content (AvgIpc) is 2.54. The smallest absolute Gasteiger partial charge is 0.306 e. The molecule has 0 aliphatic heterocycles. The van der Waals surface area contributed by atoms with Crippen molar-refractivity contribution in [2.45, 2.75) is 84.7 Å². The molecular formula is C20H32O2. The molecule has 0 amide bonds. The van der Waals surface area contributed by atoms with Gasteiger partial charge in [0.15, 0.2) is 0 Å². The van der Waals surface area contributed by atoms with Gasteiger partial charge < -0.3 is 4.74 Å². The van der Waals surface area contributed by atoms with E-state index in [-0.39, 0.29) is 5.97 Å². The summed E-state index contributed by atoms with van der Waals surface area (Å²) in [5.74, 6) is -0.0637. The first-order valence-corrected chi connectivity index (χ1v) is 8.99. The summed E-state index contributed by atoms with van der Waals surface area (Å²) in [4.78, 5) is 11.7. The number of hydrogen-bond acceptors (Lipinski definition) is 2. The summed E-state index contributed by atoms with van der Waals surface area (Å²) >= 11 is 0. The zero-order chi connectivity index (χ0) is 16.0. The van der Waals surface area contributed by atoms with Crippen molar-refractivity contribution in [3.63, 3.8) is 0 Å². The molecule has 0 heterocycles. The van der Waals surface area contributed by atoms with Gasteiger partial charge >= 0.3 is 5.97 Å². The van der Waals surface area contributed by atoms with E-state index < -0.39 is 0 Å². The highest BCUT2D eigenvalue weighted by molar-refractivity contribution is 5.69. The number of benzene rings is 1. The van der Waals surface area contributed by atoms with E-state index in [4.69, 9.17) is 4.74 Å². The molecule has 2 nitrogen and oxygen atoms in total. The number of aryl methyl sites for hydroxylation is 1. The van der Waals surface area contributed by atoms with Gasteiger partial charge in [-0.1, -0.05) is 83.1 Å². The molecule has 0 saturated carbocycles. The Bertz CT molecular complexity index is 395. The molecule has 1 aromatic rings. The van der Waals surface area contributed by atoms with Gasteiger partial charge in [0.05, 0.1) is 0 Å². The number of ether oxygens (including phenoxy) is 1. The minimum Gasteiger partial charge on any atom is -0.461 e. The van der Waals surface area contributed by atoms with Gasteiger partial charge in [0, 0.05) is 6.42 Å². The number of rotatable bonds is 12. The predicted molar refractivity (Wildman–Crippen MR) is 92.8 cm³/mol. The molecule has 0 aliphatic carbocycles. The van der Waals surface area contributed by atoms with Crippen molar-refractivity contribution in [2.24, 2.45) is 0 Å². The second-order valence-electron chi connectivity index (χ2n) is 6.10. The summed E-state index contributed by atoms with van der Waals surface area (Å²) in [6.45, 7) is 4.81. The Morgan fingerprint density at radius 2 is 1.41 bits per heavy atom. The van der Waals surface area contributed by atoms with E-state index in [1.165, 1.54) is 37.7 Å². The van der Waals surface area contributed by atoms with E-state index in [0.29, 0.717) is 13.0 Å². The summed E-state index contributed by atoms with van der Waals surface area (Å²) in [5, 5.41) is 0. The highest BCUT2D eigenvalue weighted by Crippen LogP contribution is 2.11. The highest BCUT2D eigenvalue weighted by Gasteiger charge is 2.03. The third-order valence-corrected chi connectivity index (χ3v) is 3.95. The molecule has 0 bridgehead atoms. The maximum atomic E-state index is 11.7. The van der Waals surface area contributed by atoms with E-state index >= 15 is 0 Å². The fourth-order valence-corrected chi connectivity index (χ4v) is 2.55. The van der Waals surface area contributed by atoms with Crippen molar-refractivity contribution < 1.29 is 9.53 Å². The van der Waals surface area contributed by atoms with Crippen molar-refractivity contribution in [1.29, 1.82) is 0 Å². The van der Waals surface area contributed by atoms with Crippen LogP contribution in [0.15, 0.2) is 24.3 Å². The molecule has 0 spiro atoms. The van der Waals surface area contributed by atoms with Crippen molar-refractivity contribution in [3.8, 4) is 0 Å². The Balaban J connectivity index is 2.07. The zero-order valence-corrected chi connectivity index (χ0v) is 14.4. The van der Waals surface area contributed by atoms with Gasteiger partial charge in [0.2, 0.25) is 0 Å². The Hall–Kier alpha value is -1.31. The molecule has 0 N–H and O–H groups in total. The van der Waals surface area contributed by atoms with Gasteiger partial charge in [-0.05, 0) is 24.0 Å². The van der Waals surface area contributed by atoms with Gasteiger partial charge in [0.1, 0.15) is 6.61 Å². The molecule has 0 aromatic heterocycles. The fraction of sp³-hybridized carbons (Fsp3) is 0.650. The number of esters is 1. The van der Waals surface area contributed by atoms with Crippen LogP contribution in [0.2, 0.25) is 0 Å². The molecule has 1 rings (SSSR count). The van der Waals surface area contributed by atoms with Gasteiger partial charge in [-0.2, -0.15) is 0 Å². The van der Waals surface area contributed by atoms with Crippen LogP contribution in [0, 0.1) is 0 Å². The molecule has 2 heteroatoms. The molecule has 0 atom stereocenters. The van der Waals surface area contributed by atoms with Crippen molar-refractivity contribution >= 4 is 5.97 Å². The third kappa shape index (κ3) is 8.86. The van der Waals surface area contributed by atoms with Crippen LogP contribution in [-0.2, 0) is 22.6 Å². The lowest BCUT2D eigenvalue weighted by atomic mass is 10.1. The normalized spacial score (nSPS) is 10.6. The fourth-order valence-electron chi connectivity index (χ4n) is 2.55. The Kier molecular flexibility index (Phi) is 10.4. The predicted octanol–water partition coefficient (Wildman–Crippen LogP) is 5.82. The number of unbranched alkanes of at least 4 members (excludes halogenated alkanes) is 6. The summed E-state index contributed by atoms with van der Waals surface area (Å²) < 4.78 is 5.33. The Labute approximate surface area is 136 Å². The summed E-state index contributed by atoms with van der Waals surface area (Å²) in [6, 6.07) is 8.38. The molecule has 0 fully saturated rings. The third-order valence-electron chi connectivity index (χ3n) is 3.95. The summed E-state index contributed by atoms with van der Waals surface area (Å²) in [6.07, 6.45) is 11.4. The Morgan fingerprint density at radius 1 is 0.818 bits per heavy atom. The standard InChI is InChI=1S/C20H32O2/c1-3-5-6-7-8-9-10-12-20(21)22-17-19-15-13-18(11-4-2)14-16-19/h13-16H,3-12,17H2,1-2H3. The summed E-state index contributed by atoms with van der Waals surface area (Å²) in [5.41, 5.74) is 2.42. The maximum absolute atomic E-state index is 11.7. The molecule has 1 aromatic carbocycles. The van der Waals surface area contributed by atoms with Crippen LogP contribution in [0.3, 0.4) is 0 Å². The van der Waals surface area contributed by atoms with E-state index in [1.807, 2.05) is 0 Å². The summed E-state index contributed by atoms with van der Waals surface area (Å²) in [7, 11) is 0. The molecule has 0 unspecified atom stereocenters. The van der Waals surface area contributed by atoms with Crippen molar-refractivity contribution in [3.05, 3.63) is 35.4 Å². The second-order valence-corrected chi connectivity index (χ2v) is 6.10. The van der Waals surface area contributed by atoms with Crippen LogP contribution in [0.4, 0.5) is 0 Å². The lowest BCUT2D eigenvalue weighted by Crippen LogP contribution is -2.04. The van der Waals surface area contributed by atoms with Crippen LogP contribution in [0.1, 0.15) is 82.8 Å². The average molecular weight is 304 g/mol. The molecule has 0 saturated heterocycles. The maximum Gasteiger partial charge on any atom is 0.306 e. The first-order valence-electron chi connectivity index (χ1n) is 8.99. The highest BCUT2D eigenvalue weighted by atomic mass is 16.5. The largest absolute Gasteiger partial charge is 0.461 e. The van der Waals surface area contributed by atoms with E-state index in [2.05, 4.69) is 38.1 Å². The zero-order valence-electron chi connectivity index (χ0n) is 14.4. The Morgan fingerprint density at radius 3 is 2.05 bits per heavy atom. The monoisotopic (exact) mass is 304 g/mol. The van der Waals surface area contributed by atoms with Crippen molar-refractivity contribution in [1.82, 2.24) is 0 Å². The lowest BCUT2D eigenvalue weighted by Gasteiger charge is -2.06. The van der Waals surface area contributed by atoms with Gasteiger partial charge in [0.25, 0.3) is 0 Å². The van der Waals surface area contributed by atoms with Gasteiger partial charge in [-0.25, -0.2) is 0 Å². The van der Waals surface area contributed by atoms with E-state index in [0.717, 1.165) is 31.2 Å². The molecule has 0 radical (unpaired) electrons. The van der Waals surface area contributed by atoms with Crippen LogP contribution in [-0.4, -0.2) is 5.97 Å². The topological polar surface area (TPSA) is 26.3 Å². The molecular weight excluding hydrogens is 272 g/mol. The van der Waals surface area contributed by atoms with Crippen LogP contribution >= 0.6 is 0 Å². The van der Waals surface area contributed by atoms with Crippen molar-refractivity contribution in [2.75, 3.05) is 0 Å². The molecule has 124 valence electrons. The van der Waals surface area contributed by atoms with Gasteiger partial charge in [-0.15, -0.1) is 0 Å². The lowest BCUT2D eigenvalue weighted by molar-refractivity contribution is -0.145. The number of carbonyl (C=O) groups excluding carboxylic acids is 1. The van der Waals surface area contributed by atoms with E-state index in [1.54, 1.807) is 0 Å². The first-order chi connectivity index (χ1) is 10.8.